The number of pyridine rings is 1. The topological polar surface area (TPSA) is 45.7 Å². The van der Waals surface area contributed by atoms with Gasteiger partial charge >= 0.3 is 0 Å². The predicted octanol–water partition coefficient (Wildman–Crippen LogP) is 3.65. The number of benzene rings is 1. The van der Waals surface area contributed by atoms with Crippen molar-refractivity contribution < 1.29 is 9.53 Å². The molecule has 5 nitrogen and oxygen atoms in total. The molecule has 0 radical (unpaired) electrons. The zero-order chi connectivity index (χ0) is 19.4. The minimum absolute atomic E-state index is 0.0380. The Morgan fingerprint density at radius 3 is 2.85 bits per heavy atom. The number of rotatable bonds is 5. The number of amides is 1. The summed E-state index contributed by atoms with van der Waals surface area (Å²) in [4.78, 5) is 21.4. The monoisotopic (exact) mass is 431 g/mol. The number of aryl methyl sites for hydroxylation is 1. The number of halogens is 1. The van der Waals surface area contributed by atoms with Gasteiger partial charge in [0.15, 0.2) is 6.10 Å². The highest BCUT2D eigenvalue weighted by atomic mass is 79.9. The lowest BCUT2D eigenvalue weighted by Gasteiger charge is -2.40. The Labute approximate surface area is 169 Å². The lowest BCUT2D eigenvalue weighted by molar-refractivity contribution is -0.142. The summed E-state index contributed by atoms with van der Waals surface area (Å²) in [6, 6.07) is 10.1. The summed E-state index contributed by atoms with van der Waals surface area (Å²) >= 11 is 3.51. The predicted molar refractivity (Wildman–Crippen MR) is 110 cm³/mol. The van der Waals surface area contributed by atoms with Crippen molar-refractivity contribution in [2.75, 3.05) is 19.6 Å². The second-order valence-electron chi connectivity index (χ2n) is 7.17. The van der Waals surface area contributed by atoms with Gasteiger partial charge in [-0.25, -0.2) is 0 Å². The first kappa shape index (κ1) is 19.8. The third kappa shape index (κ3) is 5.08. The molecular formula is C21H26BrN3O2. The van der Waals surface area contributed by atoms with E-state index in [0.29, 0.717) is 12.3 Å². The van der Waals surface area contributed by atoms with Crippen LogP contribution < -0.4 is 4.74 Å². The van der Waals surface area contributed by atoms with E-state index in [0.717, 1.165) is 29.7 Å². The molecule has 6 heteroatoms. The van der Waals surface area contributed by atoms with Crippen molar-refractivity contribution in [3.05, 3.63) is 58.3 Å². The summed E-state index contributed by atoms with van der Waals surface area (Å²) in [6.45, 7) is 9.22. The van der Waals surface area contributed by atoms with Gasteiger partial charge in [0.25, 0.3) is 5.91 Å². The van der Waals surface area contributed by atoms with E-state index in [2.05, 4.69) is 38.8 Å². The molecule has 1 aromatic heterocycles. The standard InChI is InChI=1S/C21H26BrN3O2/c1-15-6-7-20(19(22)11-15)27-17(3)21(26)25-10-9-24(13-16(25)2)14-18-5-4-8-23-12-18/h4-8,11-12,16-17H,9-10,13-14H2,1-3H3. The molecule has 1 fully saturated rings. The maximum Gasteiger partial charge on any atom is 0.263 e. The van der Waals surface area contributed by atoms with E-state index in [1.807, 2.05) is 49.2 Å². The molecule has 2 atom stereocenters. The Bertz CT molecular complexity index is 784. The van der Waals surface area contributed by atoms with Crippen LogP contribution >= 0.6 is 15.9 Å². The minimum atomic E-state index is -0.517. The second kappa shape index (κ2) is 8.85. The van der Waals surface area contributed by atoms with Crippen LogP contribution in [0.15, 0.2) is 47.2 Å². The van der Waals surface area contributed by atoms with E-state index >= 15 is 0 Å². The molecule has 2 unspecified atom stereocenters. The summed E-state index contributed by atoms with van der Waals surface area (Å²) in [5, 5.41) is 0. The van der Waals surface area contributed by atoms with Crippen molar-refractivity contribution in [2.24, 2.45) is 0 Å². The number of piperazine rings is 1. The molecule has 1 aromatic carbocycles. The molecule has 0 N–H and O–H groups in total. The zero-order valence-corrected chi connectivity index (χ0v) is 17.6. The van der Waals surface area contributed by atoms with Crippen LogP contribution in [-0.4, -0.2) is 52.5 Å². The number of ether oxygens (including phenoxy) is 1. The van der Waals surface area contributed by atoms with Gasteiger partial charge in [-0.05, 0) is 66.0 Å². The Balaban J connectivity index is 1.57. The highest BCUT2D eigenvalue weighted by Gasteiger charge is 2.31. The Morgan fingerprint density at radius 1 is 1.37 bits per heavy atom. The van der Waals surface area contributed by atoms with Crippen molar-refractivity contribution in [1.29, 1.82) is 0 Å². The quantitative estimate of drug-likeness (QED) is 0.724. The fourth-order valence-corrected chi connectivity index (χ4v) is 4.02. The molecule has 27 heavy (non-hydrogen) atoms. The first-order chi connectivity index (χ1) is 12.9. The molecule has 0 aliphatic carbocycles. The molecule has 2 aromatic rings. The number of aromatic nitrogens is 1. The summed E-state index contributed by atoms with van der Waals surface area (Å²) in [7, 11) is 0. The van der Waals surface area contributed by atoms with Crippen LogP contribution in [0.4, 0.5) is 0 Å². The molecule has 144 valence electrons. The van der Waals surface area contributed by atoms with Gasteiger partial charge in [0.2, 0.25) is 0 Å². The maximum absolute atomic E-state index is 12.9. The number of carbonyl (C=O) groups excluding carboxylic acids is 1. The highest BCUT2D eigenvalue weighted by molar-refractivity contribution is 9.10. The summed E-state index contributed by atoms with van der Waals surface area (Å²) in [6.07, 6.45) is 3.17. The van der Waals surface area contributed by atoms with Gasteiger partial charge in [0.1, 0.15) is 5.75 Å². The second-order valence-corrected chi connectivity index (χ2v) is 8.03. The highest BCUT2D eigenvalue weighted by Crippen LogP contribution is 2.27. The number of hydrogen-bond acceptors (Lipinski definition) is 4. The molecule has 1 amide bonds. The fraction of sp³-hybridized carbons (Fsp3) is 0.429. The van der Waals surface area contributed by atoms with Crippen LogP contribution in [0.2, 0.25) is 0 Å². The molecule has 0 spiro atoms. The van der Waals surface area contributed by atoms with Crippen LogP contribution in [0.3, 0.4) is 0 Å². The molecular weight excluding hydrogens is 406 g/mol. The van der Waals surface area contributed by atoms with Crippen molar-refractivity contribution in [3.8, 4) is 5.75 Å². The van der Waals surface area contributed by atoms with Gasteiger partial charge in [-0.1, -0.05) is 12.1 Å². The average molecular weight is 432 g/mol. The lowest BCUT2D eigenvalue weighted by Crippen LogP contribution is -2.56. The van der Waals surface area contributed by atoms with E-state index in [9.17, 15) is 4.79 Å². The number of hydrogen-bond donors (Lipinski definition) is 0. The van der Waals surface area contributed by atoms with E-state index in [4.69, 9.17) is 4.74 Å². The molecule has 1 saturated heterocycles. The Morgan fingerprint density at radius 2 is 2.19 bits per heavy atom. The van der Waals surface area contributed by atoms with Gasteiger partial charge < -0.3 is 9.64 Å². The van der Waals surface area contributed by atoms with Crippen molar-refractivity contribution >= 4 is 21.8 Å². The Hall–Kier alpha value is -1.92. The van der Waals surface area contributed by atoms with E-state index in [-0.39, 0.29) is 11.9 Å². The SMILES string of the molecule is Cc1ccc(OC(C)C(=O)N2CCN(Cc3cccnc3)CC2C)c(Br)c1. The van der Waals surface area contributed by atoms with E-state index in [1.54, 1.807) is 6.20 Å². The van der Waals surface area contributed by atoms with E-state index in [1.165, 1.54) is 5.56 Å². The van der Waals surface area contributed by atoms with Gasteiger partial charge in [-0.3, -0.25) is 14.7 Å². The van der Waals surface area contributed by atoms with Crippen LogP contribution in [0.25, 0.3) is 0 Å². The molecule has 0 bridgehead atoms. The van der Waals surface area contributed by atoms with Crippen molar-refractivity contribution in [2.45, 2.75) is 39.5 Å². The third-order valence-corrected chi connectivity index (χ3v) is 5.48. The van der Waals surface area contributed by atoms with Crippen LogP contribution in [-0.2, 0) is 11.3 Å². The lowest BCUT2D eigenvalue weighted by atomic mass is 10.1. The Kier molecular flexibility index (Phi) is 6.50. The van der Waals surface area contributed by atoms with Crippen LogP contribution in [0, 0.1) is 6.92 Å². The zero-order valence-electron chi connectivity index (χ0n) is 16.1. The maximum atomic E-state index is 12.9. The molecule has 0 saturated carbocycles. The first-order valence-electron chi connectivity index (χ1n) is 9.28. The summed E-state index contributed by atoms with van der Waals surface area (Å²) in [5.41, 5.74) is 2.34. The normalized spacial score (nSPS) is 19.0. The minimum Gasteiger partial charge on any atom is -0.480 e. The largest absolute Gasteiger partial charge is 0.480 e. The number of carbonyl (C=O) groups is 1. The molecule has 1 aliphatic rings. The fourth-order valence-electron chi connectivity index (χ4n) is 3.43. The average Bonchev–Trinajstić information content (AvgIpc) is 2.64. The van der Waals surface area contributed by atoms with E-state index < -0.39 is 6.10 Å². The van der Waals surface area contributed by atoms with Gasteiger partial charge in [0.05, 0.1) is 4.47 Å². The molecule has 3 rings (SSSR count). The smallest absolute Gasteiger partial charge is 0.263 e. The van der Waals surface area contributed by atoms with Gasteiger partial charge in [-0.15, -0.1) is 0 Å². The van der Waals surface area contributed by atoms with Crippen LogP contribution in [0.5, 0.6) is 5.75 Å². The third-order valence-electron chi connectivity index (χ3n) is 4.86. The van der Waals surface area contributed by atoms with Gasteiger partial charge in [-0.2, -0.15) is 0 Å². The molecule has 2 heterocycles. The van der Waals surface area contributed by atoms with Gasteiger partial charge in [0, 0.05) is 44.6 Å². The van der Waals surface area contributed by atoms with Crippen molar-refractivity contribution in [3.63, 3.8) is 0 Å². The summed E-state index contributed by atoms with van der Waals surface area (Å²) in [5.74, 6) is 0.736. The first-order valence-corrected chi connectivity index (χ1v) is 10.1. The van der Waals surface area contributed by atoms with Crippen molar-refractivity contribution in [1.82, 2.24) is 14.8 Å². The summed E-state index contributed by atoms with van der Waals surface area (Å²) < 4.78 is 6.80. The molecule has 1 aliphatic heterocycles. The number of nitrogens with zero attached hydrogens (tertiary/aromatic N) is 3. The van der Waals surface area contributed by atoms with Crippen LogP contribution in [0.1, 0.15) is 25.0 Å².